The van der Waals surface area contributed by atoms with E-state index >= 15 is 0 Å². The normalized spacial score (nSPS) is 24.9. The second-order valence-corrected chi connectivity index (χ2v) is 5.16. The summed E-state index contributed by atoms with van der Waals surface area (Å²) in [6.07, 6.45) is 6.68. The Kier molecular flexibility index (Phi) is 4.00. The molecule has 1 saturated carbocycles. The third kappa shape index (κ3) is 2.65. The Morgan fingerprint density at radius 3 is 2.69 bits per heavy atom. The van der Waals surface area contributed by atoms with Crippen LogP contribution < -0.4 is 5.73 Å². The second-order valence-electron chi connectivity index (χ2n) is 5.16. The highest BCUT2D eigenvalue weighted by atomic mass is 14.5. The molecular weight excluding hydrogens is 194 g/mol. The largest absolute Gasteiger partial charge is 0.330 e. The molecule has 0 spiro atoms. The minimum Gasteiger partial charge on any atom is -0.330 e. The molecule has 0 aliphatic heterocycles. The van der Waals surface area contributed by atoms with Crippen LogP contribution in [0.25, 0.3) is 0 Å². The average Bonchev–Trinajstić information content (AvgIpc) is 2.70. The first-order valence-electron chi connectivity index (χ1n) is 6.56. The summed E-state index contributed by atoms with van der Waals surface area (Å²) in [5.41, 5.74) is 8.68. The van der Waals surface area contributed by atoms with E-state index in [0.717, 1.165) is 18.4 Å². The molecule has 2 N–H and O–H groups in total. The molecule has 2 rings (SSSR count). The van der Waals surface area contributed by atoms with E-state index < -0.39 is 0 Å². The Hall–Kier alpha value is -0.820. The molecule has 2 unspecified atom stereocenters. The summed E-state index contributed by atoms with van der Waals surface area (Å²) in [6, 6.07) is 8.80. The van der Waals surface area contributed by atoms with Gasteiger partial charge in [0.2, 0.25) is 0 Å². The first-order chi connectivity index (χ1) is 7.81. The first kappa shape index (κ1) is 11.7. The third-order valence-corrected chi connectivity index (χ3v) is 4.10. The van der Waals surface area contributed by atoms with E-state index in [4.69, 9.17) is 5.73 Å². The molecule has 1 aromatic rings. The zero-order chi connectivity index (χ0) is 11.4. The maximum Gasteiger partial charge on any atom is -0.00745 e. The quantitative estimate of drug-likeness (QED) is 0.822. The minimum atomic E-state index is 0.856. The van der Waals surface area contributed by atoms with E-state index in [1.165, 1.54) is 43.2 Å². The van der Waals surface area contributed by atoms with Gasteiger partial charge in [-0.3, -0.25) is 0 Å². The number of rotatable bonds is 4. The van der Waals surface area contributed by atoms with Crippen LogP contribution in [0.4, 0.5) is 0 Å². The lowest BCUT2D eigenvalue weighted by molar-refractivity contribution is 0.366. The van der Waals surface area contributed by atoms with E-state index in [-0.39, 0.29) is 0 Å². The maximum atomic E-state index is 5.69. The zero-order valence-electron chi connectivity index (χ0n) is 10.3. The smallest absolute Gasteiger partial charge is 0.00745 e. The van der Waals surface area contributed by atoms with Gasteiger partial charge in [-0.15, -0.1) is 0 Å². The van der Waals surface area contributed by atoms with Gasteiger partial charge in [0.1, 0.15) is 0 Å². The topological polar surface area (TPSA) is 26.0 Å². The van der Waals surface area contributed by atoms with E-state index in [1.54, 1.807) is 0 Å². The fourth-order valence-electron chi connectivity index (χ4n) is 3.10. The van der Waals surface area contributed by atoms with Crippen molar-refractivity contribution in [2.75, 3.05) is 6.54 Å². The molecule has 2 atom stereocenters. The Bertz CT molecular complexity index is 332. The molecule has 1 heteroatoms. The second kappa shape index (κ2) is 5.49. The van der Waals surface area contributed by atoms with Crippen LogP contribution in [0.3, 0.4) is 0 Å². The van der Waals surface area contributed by atoms with Crippen LogP contribution in [0.2, 0.25) is 0 Å². The van der Waals surface area contributed by atoms with Gasteiger partial charge in [-0.2, -0.15) is 0 Å². The van der Waals surface area contributed by atoms with Crippen molar-refractivity contribution >= 4 is 0 Å². The maximum absolute atomic E-state index is 5.69. The van der Waals surface area contributed by atoms with E-state index in [0.29, 0.717) is 0 Å². The van der Waals surface area contributed by atoms with Crippen LogP contribution in [0.15, 0.2) is 24.3 Å². The summed E-state index contributed by atoms with van der Waals surface area (Å²) in [5.74, 6) is 1.76. The van der Waals surface area contributed by atoms with Gasteiger partial charge in [0, 0.05) is 0 Å². The van der Waals surface area contributed by atoms with Crippen molar-refractivity contribution in [3.63, 3.8) is 0 Å². The third-order valence-electron chi connectivity index (χ3n) is 4.10. The molecule has 0 bridgehead atoms. The van der Waals surface area contributed by atoms with Crippen molar-refractivity contribution in [3.8, 4) is 0 Å². The van der Waals surface area contributed by atoms with Crippen LogP contribution in [0.1, 0.15) is 36.8 Å². The summed E-state index contributed by atoms with van der Waals surface area (Å²) in [6.45, 7) is 3.08. The van der Waals surface area contributed by atoms with Gasteiger partial charge in [-0.05, 0) is 55.7 Å². The molecule has 0 radical (unpaired) electrons. The molecule has 88 valence electrons. The number of aryl methyl sites for hydroxylation is 1. The van der Waals surface area contributed by atoms with E-state index in [2.05, 4.69) is 31.2 Å². The van der Waals surface area contributed by atoms with Crippen LogP contribution >= 0.6 is 0 Å². The van der Waals surface area contributed by atoms with E-state index in [9.17, 15) is 0 Å². The molecule has 1 aliphatic carbocycles. The van der Waals surface area contributed by atoms with Gasteiger partial charge in [0.15, 0.2) is 0 Å². The van der Waals surface area contributed by atoms with Gasteiger partial charge in [-0.1, -0.05) is 37.1 Å². The van der Waals surface area contributed by atoms with Crippen LogP contribution in [-0.4, -0.2) is 6.54 Å². The van der Waals surface area contributed by atoms with Crippen LogP contribution in [0, 0.1) is 18.8 Å². The SMILES string of the molecule is Cc1ccccc1CC1CCCC1CCN. The van der Waals surface area contributed by atoms with Crippen molar-refractivity contribution in [1.82, 2.24) is 0 Å². The number of hydrogen-bond acceptors (Lipinski definition) is 1. The first-order valence-corrected chi connectivity index (χ1v) is 6.56. The standard InChI is InChI=1S/C15H23N/c1-12-5-2-3-6-14(12)11-15-8-4-7-13(15)9-10-16/h2-3,5-6,13,15H,4,7-11,16H2,1H3. The predicted octanol–water partition coefficient (Wildman–Crippen LogP) is 3.30. The number of hydrogen-bond donors (Lipinski definition) is 1. The number of benzene rings is 1. The highest BCUT2D eigenvalue weighted by Gasteiger charge is 2.26. The van der Waals surface area contributed by atoms with Gasteiger partial charge in [-0.25, -0.2) is 0 Å². The summed E-state index contributed by atoms with van der Waals surface area (Å²) < 4.78 is 0. The molecule has 1 aromatic carbocycles. The lowest BCUT2D eigenvalue weighted by Gasteiger charge is -2.19. The molecule has 0 saturated heterocycles. The van der Waals surface area contributed by atoms with Crippen LogP contribution in [0.5, 0.6) is 0 Å². The van der Waals surface area contributed by atoms with Crippen molar-refractivity contribution < 1.29 is 0 Å². The van der Waals surface area contributed by atoms with Crippen LogP contribution in [-0.2, 0) is 6.42 Å². The fraction of sp³-hybridized carbons (Fsp3) is 0.600. The molecule has 0 heterocycles. The molecular formula is C15H23N. The monoisotopic (exact) mass is 217 g/mol. The van der Waals surface area contributed by atoms with E-state index in [1.807, 2.05) is 0 Å². The Balaban J connectivity index is 2.01. The van der Waals surface area contributed by atoms with Gasteiger partial charge < -0.3 is 5.73 Å². The summed E-state index contributed by atoms with van der Waals surface area (Å²) in [4.78, 5) is 0. The molecule has 0 aromatic heterocycles. The molecule has 1 fully saturated rings. The van der Waals surface area contributed by atoms with Gasteiger partial charge in [0.05, 0.1) is 0 Å². The van der Waals surface area contributed by atoms with Crippen molar-refractivity contribution in [3.05, 3.63) is 35.4 Å². The lowest BCUT2D eigenvalue weighted by atomic mass is 9.86. The Morgan fingerprint density at radius 1 is 1.19 bits per heavy atom. The molecule has 0 amide bonds. The Morgan fingerprint density at radius 2 is 1.94 bits per heavy atom. The Labute approximate surface area is 99.0 Å². The molecule has 16 heavy (non-hydrogen) atoms. The zero-order valence-corrected chi connectivity index (χ0v) is 10.3. The average molecular weight is 217 g/mol. The summed E-state index contributed by atoms with van der Waals surface area (Å²) >= 11 is 0. The predicted molar refractivity (Wildman–Crippen MR) is 69.4 cm³/mol. The lowest BCUT2D eigenvalue weighted by Crippen LogP contribution is -2.15. The number of nitrogens with two attached hydrogens (primary N) is 1. The van der Waals surface area contributed by atoms with Gasteiger partial charge >= 0.3 is 0 Å². The highest BCUT2D eigenvalue weighted by Crippen LogP contribution is 2.36. The van der Waals surface area contributed by atoms with Crippen molar-refractivity contribution in [2.24, 2.45) is 17.6 Å². The highest BCUT2D eigenvalue weighted by molar-refractivity contribution is 5.26. The van der Waals surface area contributed by atoms with Crippen molar-refractivity contribution in [1.29, 1.82) is 0 Å². The minimum absolute atomic E-state index is 0.856. The summed E-state index contributed by atoms with van der Waals surface area (Å²) in [7, 11) is 0. The van der Waals surface area contributed by atoms with Crippen molar-refractivity contribution in [2.45, 2.75) is 39.0 Å². The molecule has 1 nitrogen and oxygen atoms in total. The van der Waals surface area contributed by atoms with Gasteiger partial charge in [0.25, 0.3) is 0 Å². The molecule has 1 aliphatic rings. The fourth-order valence-corrected chi connectivity index (χ4v) is 3.10. The summed E-state index contributed by atoms with van der Waals surface area (Å²) in [5, 5.41) is 0.